The van der Waals surface area contributed by atoms with Crippen molar-refractivity contribution >= 4 is 17.3 Å². The first-order valence-electron chi connectivity index (χ1n) is 7.02. The van der Waals surface area contributed by atoms with Crippen LogP contribution < -0.4 is 5.73 Å². The van der Waals surface area contributed by atoms with Gasteiger partial charge in [-0.2, -0.15) is 4.98 Å². The first kappa shape index (κ1) is 13.4. The van der Waals surface area contributed by atoms with Gasteiger partial charge in [0.15, 0.2) is 5.82 Å². The van der Waals surface area contributed by atoms with Crippen molar-refractivity contribution in [2.75, 3.05) is 5.73 Å². The molecule has 0 aliphatic heterocycles. The molecular formula is C15H18ClN3O. The first-order chi connectivity index (χ1) is 9.61. The Morgan fingerprint density at radius 2 is 2.15 bits per heavy atom. The zero-order chi connectivity index (χ0) is 14.1. The van der Waals surface area contributed by atoms with E-state index in [1.165, 1.54) is 12.8 Å². The molecule has 2 aromatic rings. The molecule has 0 bridgehead atoms. The Hall–Kier alpha value is -1.55. The fourth-order valence-electron chi connectivity index (χ4n) is 2.92. The van der Waals surface area contributed by atoms with E-state index in [0.29, 0.717) is 22.5 Å². The molecule has 2 atom stereocenters. The Bertz CT molecular complexity index is 591. The van der Waals surface area contributed by atoms with Gasteiger partial charge in [-0.1, -0.05) is 36.5 Å². The van der Waals surface area contributed by atoms with Crippen LogP contribution in [0.5, 0.6) is 0 Å². The second-order valence-corrected chi connectivity index (χ2v) is 6.14. The van der Waals surface area contributed by atoms with E-state index in [4.69, 9.17) is 21.9 Å². The topological polar surface area (TPSA) is 64.9 Å². The molecule has 0 saturated heterocycles. The van der Waals surface area contributed by atoms with Crippen LogP contribution in [0.1, 0.15) is 44.3 Å². The van der Waals surface area contributed by atoms with Crippen LogP contribution in [0.15, 0.2) is 22.7 Å². The highest BCUT2D eigenvalue weighted by Crippen LogP contribution is 2.35. The maximum atomic E-state index is 6.00. The van der Waals surface area contributed by atoms with E-state index in [-0.39, 0.29) is 0 Å². The third-order valence-electron chi connectivity index (χ3n) is 3.91. The van der Waals surface area contributed by atoms with E-state index in [9.17, 15) is 0 Å². The van der Waals surface area contributed by atoms with Gasteiger partial charge in [0, 0.05) is 22.2 Å². The second-order valence-electron chi connectivity index (χ2n) is 5.70. The van der Waals surface area contributed by atoms with Gasteiger partial charge in [0.1, 0.15) is 0 Å². The van der Waals surface area contributed by atoms with Crippen molar-refractivity contribution in [2.45, 2.75) is 38.5 Å². The van der Waals surface area contributed by atoms with Gasteiger partial charge in [-0.25, -0.2) is 0 Å². The first-order valence-corrected chi connectivity index (χ1v) is 7.39. The van der Waals surface area contributed by atoms with Crippen LogP contribution in [0, 0.1) is 5.92 Å². The van der Waals surface area contributed by atoms with Crippen LogP contribution in [0.2, 0.25) is 5.02 Å². The molecule has 20 heavy (non-hydrogen) atoms. The summed E-state index contributed by atoms with van der Waals surface area (Å²) in [5.41, 5.74) is 7.16. The Morgan fingerprint density at radius 3 is 2.90 bits per heavy atom. The van der Waals surface area contributed by atoms with Crippen molar-refractivity contribution in [2.24, 2.45) is 5.92 Å². The van der Waals surface area contributed by atoms with Crippen molar-refractivity contribution in [1.29, 1.82) is 0 Å². The number of rotatable bonds is 2. The van der Waals surface area contributed by atoms with Gasteiger partial charge in [-0.05, 0) is 37.0 Å². The highest BCUT2D eigenvalue weighted by atomic mass is 35.5. The molecule has 1 aromatic heterocycles. The molecule has 0 spiro atoms. The molecule has 2 unspecified atom stereocenters. The molecule has 5 heteroatoms. The molecule has 1 heterocycles. The molecular weight excluding hydrogens is 274 g/mol. The Morgan fingerprint density at radius 1 is 1.30 bits per heavy atom. The Kier molecular flexibility index (Phi) is 3.66. The molecule has 3 rings (SSSR count). The van der Waals surface area contributed by atoms with E-state index in [2.05, 4.69) is 17.1 Å². The SMILES string of the molecule is CC1CCCC(c2noc(-c3cc(N)cc(Cl)c3)n2)C1. The number of hydrogen-bond donors (Lipinski definition) is 1. The second kappa shape index (κ2) is 5.44. The van der Waals surface area contributed by atoms with Gasteiger partial charge in [0.25, 0.3) is 5.89 Å². The maximum absolute atomic E-state index is 6.00. The predicted molar refractivity (Wildman–Crippen MR) is 79.5 cm³/mol. The molecule has 1 aromatic carbocycles. The molecule has 1 aliphatic carbocycles. The molecule has 1 fully saturated rings. The third kappa shape index (κ3) is 2.80. The molecule has 2 N–H and O–H groups in total. The number of nitrogens with two attached hydrogens (primary N) is 1. The molecule has 1 aliphatic rings. The van der Waals surface area contributed by atoms with Crippen LogP contribution >= 0.6 is 11.6 Å². The van der Waals surface area contributed by atoms with E-state index in [1.807, 2.05) is 0 Å². The van der Waals surface area contributed by atoms with Crippen LogP contribution in [0.25, 0.3) is 11.5 Å². The van der Waals surface area contributed by atoms with Crippen molar-refractivity contribution in [1.82, 2.24) is 10.1 Å². The molecule has 1 saturated carbocycles. The highest BCUT2D eigenvalue weighted by Gasteiger charge is 2.24. The van der Waals surface area contributed by atoms with Gasteiger partial charge in [-0.3, -0.25) is 0 Å². The summed E-state index contributed by atoms with van der Waals surface area (Å²) in [5, 5.41) is 4.72. The third-order valence-corrected chi connectivity index (χ3v) is 4.13. The Labute approximate surface area is 123 Å². The number of aromatic nitrogens is 2. The summed E-state index contributed by atoms with van der Waals surface area (Å²) in [4.78, 5) is 4.53. The summed E-state index contributed by atoms with van der Waals surface area (Å²) < 4.78 is 5.37. The zero-order valence-electron chi connectivity index (χ0n) is 11.5. The van der Waals surface area contributed by atoms with Gasteiger partial charge in [0.2, 0.25) is 0 Å². The smallest absolute Gasteiger partial charge is 0.258 e. The summed E-state index contributed by atoms with van der Waals surface area (Å²) in [6.45, 7) is 2.28. The monoisotopic (exact) mass is 291 g/mol. The Balaban J connectivity index is 1.86. The summed E-state index contributed by atoms with van der Waals surface area (Å²) in [6.07, 6.45) is 4.81. The summed E-state index contributed by atoms with van der Waals surface area (Å²) in [5.74, 6) is 2.45. The van der Waals surface area contributed by atoms with Crippen LogP contribution in [0.4, 0.5) is 5.69 Å². The molecule has 0 amide bonds. The van der Waals surface area contributed by atoms with E-state index < -0.39 is 0 Å². The van der Waals surface area contributed by atoms with Gasteiger partial charge in [-0.15, -0.1) is 0 Å². The number of hydrogen-bond acceptors (Lipinski definition) is 4. The normalized spacial score (nSPS) is 22.9. The lowest BCUT2D eigenvalue weighted by atomic mass is 9.82. The number of benzene rings is 1. The molecule has 106 valence electrons. The van der Waals surface area contributed by atoms with E-state index in [1.54, 1.807) is 18.2 Å². The maximum Gasteiger partial charge on any atom is 0.258 e. The highest BCUT2D eigenvalue weighted by molar-refractivity contribution is 6.31. The van der Waals surface area contributed by atoms with Gasteiger partial charge >= 0.3 is 0 Å². The van der Waals surface area contributed by atoms with E-state index in [0.717, 1.165) is 30.1 Å². The predicted octanol–water partition coefficient (Wildman–Crippen LogP) is 4.27. The van der Waals surface area contributed by atoms with Gasteiger partial charge < -0.3 is 10.3 Å². The fourth-order valence-corrected chi connectivity index (χ4v) is 3.17. The van der Waals surface area contributed by atoms with E-state index >= 15 is 0 Å². The number of anilines is 1. The lowest BCUT2D eigenvalue weighted by Crippen LogP contribution is -2.12. The zero-order valence-corrected chi connectivity index (χ0v) is 12.2. The van der Waals surface area contributed by atoms with Crippen LogP contribution in [-0.2, 0) is 0 Å². The summed E-state index contributed by atoms with van der Waals surface area (Å²) >= 11 is 6.00. The summed E-state index contributed by atoms with van der Waals surface area (Å²) in [6, 6.07) is 5.29. The molecule has 0 radical (unpaired) electrons. The lowest BCUT2D eigenvalue weighted by molar-refractivity contribution is 0.324. The van der Waals surface area contributed by atoms with Crippen LogP contribution in [0.3, 0.4) is 0 Å². The van der Waals surface area contributed by atoms with Gasteiger partial charge in [0.05, 0.1) is 0 Å². The van der Waals surface area contributed by atoms with Crippen molar-refractivity contribution in [3.8, 4) is 11.5 Å². The fraction of sp³-hybridized carbons (Fsp3) is 0.467. The number of nitrogens with zero attached hydrogens (tertiary/aromatic N) is 2. The largest absolute Gasteiger partial charge is 0.399 e. The standard InChI is InChI=1S/C15H18ClN3O/c1-9-3-2-4-10(5-9)14-18-15(20-19-14)11-6-12(16)8-13(17)7-11/h6-10H,2-5,17H2,1H3. The summed E-state index contributed by atoms with van der Waals surface area (Å²) in [7, 11) is 0. The minimum absolute atomic E-state index is 0.410. The number of nitrogen functional groups attached to an aromatic ring is 1. The number of halogens is 1. The minimum Gasteiger partial charge on any atom is -0.399 e. The van der Waals surface area contributed by atoms with Crippen molar-refractivity contribution in [3.63, 3.8) is 0 Å². The quantitative estimate of drug-likeness (QED) is 0.839. The van der Waals surface area contributed by atoms with Crippen molar-refractivity contribution < 1.29 is 4.52 Å². The van der Waals surface area contributed by atoms with Crippen LogP contribution in [-0.4, -0.2) is 10.1 Å². The lowest BCUT2D eigenvalue weighted by Gasteiger charge is -2.23. The minimum atomic E-state index is 0.410. The molecule has 4 nitrogen and oxygen atoms in total. The average Bonchev–Trinajstić information content (AvgIpc) is 2.87. The van der Waals surface area contributed by atoms with Crippen molar-refractivity contribution in [3.05, 3.63) is 29.0 Å². The average molecular weight is 292 g/mol.